The van der Waals surface area contributed by atoms with Crippen molar-refractivity contribution in [3.05, 3.63) is 80.7 Å². The first kappa shape index (κ1) is 24.8. The lowest BCUT2D eigenvalue weighted by Crippen LogP contribution is -2.39. The van der Waals surface area contributed by atoms with Crippen LogP contribution in [0.5, 0.6) is 0 Å². The molecular formula is C24H22Cl3N7O. The Balaban J connectivity index is 1.51. The Labute approximate surface area is 217 Å². The topological polar surface area (TPSA) is 107 Å². The van der Waals surface area contributed by atoms with E-state index >= 15 is 0 Å². The van der Waals surface area contributed by atoms with Crippen molar-refractivity contribution in [3.63, 3.8) is 0 Å². The van der Waals surface area contributed by atoms with Crippen LogP contribution in [0.15, 0.2) is 53.7 Å². The molecule has 0 aliphatic rings. The molecule has 0 fully saturated rings. The van der Waals surface area contributed by atoms with Gasteiger partial charge >= 0.3 is 6.03 Å². The first-order chi connectivity index (χ1) is 16.8. The number of nitrogens with zero attached hydrogens (tertiary/aromatic N) is 3. The van der Waals surface area contributed by atoms with Gasteiger partial charge in [-0.25, -0.2) is 14.8 Å². The van der Waals surface area contributed by atoms with Crippen LogP contribution in [-0.4, -0.2) is 33.5 Å². The zero-order valence-electron chi connectivity index (χ0n) is 18.9. The number of fused-ring (bicyclic) bond motifs is 1. The minimum Gasteiger partial charge on any atom is -0.361 e. The number of H-pyrrole nitrogens is 1. The Morgan fingerprint density at radius 1 is 0.971 bits per heavy atom. The number of carbonyl (C=O) groups excluding carboxylic acids is 1. The molecule has 4 rings (SSSR count). The molecule has 0 saturated heterocycles. The summed E-state index contributed by atoms with van der Waals surface area (Å²) in [4.78, 5) is 29.2. The minimum absolute atomic E-state index is 0.199. The summed E-state index contributed by atoms with van der Waals surface area (Å²) in [6, 6.07) is 11.8. The maximum Gasteiger partial charge on any atom is 0.326 e. The summed E-state index contributed by atoms with van der Waals surface area (Å²) >= 11 is 18.1. The third kappa shape index (κ3) is 6.63. The highest BCUT2D eigenvalue weighted by Gasteiger charge is 2.11. The van der Waals surface area contributed by atoms with Gasteiger partial charge in [-0.1, -0.05) is 34.8 Å². The summed E-state index contributed by atoms with van der Waals surface area (Å²) in [5, 5.41) is 10.9. The fraction of sp³-hybridized carbons (Fsp3) is 0.167. The number of aromatic amines is 1. The van der Waals surface area contributed by atoms with Crippen LogP contribution in [0.3, 0.4) is 0 Å². The van der Waals surface area contributed by atoms with Gasteiger partial charge in [0.2, 0.25) is 11.9 Å². The summed E-state index contributed by atoms with van der Waals surface area (Å²) in [5.41, 5.74) is 4.11. The second kappa shape index (κ2) is 10.9. The molecule has 0 saturated carbocycles. The molecule has 0 aliphatic heterocycles. The van der Waals surface area contributed by atoms with Crippen molar-refractivity contribution in [2.45, 2.75) is 20.3 Å². The van der Waals surface area contributed by atoms with E-state index in [0.29, 0.717) is 39.7 Å². The average molecular weight is 531 g/mol. The molecule has 2 amide bonds. The van der Waals surface area contributed by atoms with Crippen LogP contribution < -0.4 is 16.0 Å². The number of rotatable bonds is 5. The predicted octanol–water partition coefficient (Wildman–Crippen LogP) is 6.37. The normalized spacial score (nSPS) is 11.5. The van der Waals surface area contributed by atoms with Gasteiger partial charge in [0.15, 0.2) is 0 Å². The molecule has 0 atom stereocenters. The molecule has 8 nitrogen and oxygen atoms in total. The van der Waals surface area contributed by atoms with Gasteiger partial charge < -0.3 is 10.3 Å². The number of hydrogen-bond acceptors (Lipinski definition) is 4. The maximum atomic E-state index is 12.7. The summed E-state index contributed by atoms with van der Waals surface area (Å²) in [7, 11) is 0. The average Bonchev–Trinajstić information content (AvgIpc) is 3.17. The summed E-state index contributed by atoms with van der Waals surface area (Å²) in [6.45, 7) is 4.12. The maximum absolute atomic E-state index is 12.7. The lowest BCUT2D eigenvalue weighted by Gasteiger charge is -2.13. The molecule has 4 N–H and O–H groups in total. The number of urea groups is 1. The summed E-state index contributed by atoms with van der Waals surface area (Å²) < 4.78 is 0. The Bertz CT molecular complexity index is 1400. The van der Waals surface area contributed by atoms with Crippen molar-refractivity contribution in [1.82, 2.24) is 20.3 Å². The minimum atomic E-state index is -0.516. The molecule has 4 aromatic rings. The van der Waals surface area contributed by atoms with Gasteiger partial charge in [-0.15, -0.1) is 0 Å². The van der Waals surface area contributed by atoms with E-state index in [1.54, 1.807) is 18.2 Å². The van der Waals surface area contributed by atoms with Gasteiger partial charge in [0.1, 0.15) is 0 Å². The Morgan fingerprint density at radius 3 is 2.49 bits per heavy atom. The molecule has 180 valence electrons. The van der Waals surface area contributed by atoms with Crippen LogP contribution >= 0.6 is 34.8 Å². The number of anilines is 2. The van der Waals surface area contributed by atoms with Crippen LogP contribution in [0.25, 0.3) is 10.9 Å². The molecule has 2 heterocycles. The van der Waals surface area contributed by atoms with E-state index in [1.165, 1.54) is 0 Å². The van der Waals surface area contributed by atoms with Gasteiger partial charge in [0.05, 0.1) is 10.0 Å². The predicted molar refractivity (Wildman–Crippen MR) is 143 cm³/mol. The molecule has 0 radical (unpaired) electrons. The number of carbonyl (C=O) groups is 1. The van der Waals surface area contributed by atoms with Gasteiger partial charge in [-0.3, -0.25) is 15.6 Å². The highest BCUT2D eigenvalue weighted by molar-refractivity contribution is 6.42. The standard InChI is InChI=1S/C24H22Cl3N7O/c1-13-9-14(2)31-23(30-13)33-22(34-24(35)32-17-4-5-19(26)20(27)11-17)28-8-7-15-12-29-21-6-3-16(25)10-18(15)21/h3-6,9-12,29H,7-8H2,1-2H3,(H3,28,30,31,32,33,34,35). The van der Waals surface area contributed by atoms with Crippen LogP contribution in [0.2, 0.25) is 15.1 Å². The van der Waals surface area contributed by atoms with Crippen molar-refractivity contribution in [2.24, 2.45) is 4.99 Å². The SMILES string of the molecule is Cc1cc(C)nc(NC(=NCCc2c[nH]c3ccc(Cl)cc23)NC(=O)Nc2ccc(Cl)c(Cl)c2)n1. The van der Waals surface area contributed by atoms with E-state index in [9.17, 15) is 4.79 Å². The largest absolute Gasteiger partial charge is 0.361 e. The number of guanidine groups is 1. The van der Waals surface area contributed by atoms with Crippen molar-refractivity contribution in [3.8, 4) is 0 Å². The third-order valence-electron chi connectivity index (χ3n) is 5.00. The lowest BCUT2D eigenvalue weighted by atomic mass is 10.1. The number of amides is 2. The summed E-state index contributed by atoms with van der Waals surface area (Å²) in [6.07, 6.45) is 2.55. The lowest BCUT2D eigenvalue weighted by molar-refractivity contribution is 0.256. The van der Waals surface area contributed by atoms with E-state index in [0.717, 1.165) is 27.9 Å². The van der Waals surface area contributed by atoms with Crippen LogP contribution in [0.1, 0.15) is 17.0 Å². The van der Waals surface area contributed by atoms with E-state index in [-0.39, 0.29) is 5.96 Å². The fourth-order valence-electron chi connectivity index (χ4n) is 3.49. The zero-order chi connectivity index (χ0) is 24.9. The van der Waals surface area contributed by atoms with Gasteiger partial charge in [-0.2, -0.15) is 0 Å². The molecule has 0 bridgehead atoms. The van der Waals surface area contributed by atoms with Crippen LogP contribution in [0.4, 0.5) is 16.4 Å². The molecule has 35 heavy (non-hydrogen) atoms. The number of hydrogen-bond donors (Lipinski definition) is 4. The summed E-state index contributed by atoms with van der Waals surface area (Å²) in [5.74, 6) is 0.528. The Morgan fingerprint density at radius 2 is 1.74 bits per heavy atom. The van der Waals surface area contributed by atoms with Gasteiger partial charge in [0.25, 0.3) is 0 Å². The zero-order valence-corrected chi connectivity index (χ0v) is 21.2. The van der Waals surface area contributed by atoms with Crippen molar-refractivity contribution in [2.75, 3.05) is 17.2 Å². The van der Waals surface area contributed by atoms with Gasteiger partial charge in [0, 0.05) is 45.7 Å². The van der Waals surface area contributed by atoms with Crippen molar-refractivity contribution >= 4 is 69.3 Å². The second-order valence-corrected chi connectivity index (χ2v) is 9.04. The molecule has 0 aliphatic carbocycles. The molecule has 2 aromatic carbocycles. The van der Waals surface area contributed by atoms with Crippen molar-refractivity contribution in [1.29, 1.82) is 0 Å². The Kier molecular flexibility index (Phi) is 7.75. The second-order valence-electron chi connectivity index (χ2n) is 7.79. The van der Waals surface area contributed by atoms with E-state index < -0.39 is 6.03 Å². The molecule has 11 heteroatoms. The number of aromatic nitrogens is 3. The first-order valence-corrected chi connectivity index (χ1v) is 11.8. The van der Waals surface area contributed by atoms with E-state index in [2.05, 4.69) is 35.9 Å². The number of benzene rings is 2. The highest BCUT2D eigenvalue weighted by Crippen LogP contribution is 2.25. The molecular weight excluding hydrogens is 509 g/mol. The fourth-order valence-corrected chi connectivity index (χ4v) is 3.96. The number of nitrogens with one attached hydrogen (secondary N) is 4. The first-order valence-electron chi connectivity index (χ1n) is 10.7. The number of aryl methyl sites for hydroxylation is 2. The quantitative estimate of drug-likeness (QED) is 0.178. The highest BCUT2D eigenvalue weighted by atomic mass is 35.5. The molecule has 0 spiro atoms. The molecule has 0 unspecified atom stereocenters. The van der Waals surface area contributed by atoms with E-state index in [4.69, 9.17) is 34.8 Å². The van der Waals surface area contributed by atoms with Crippen LogP contribution in [-0.2, 0) is 6.42 Å². The van der Waals surface area contributed by atoms with Gasteiger partial charge in [-0.05, 0) is 68.3 Å². The smallest absolute Gasteiger partial charge is 0.326 e. The number of halogens is 3. The third-order valence-corrected chi connectivity index (χ3v) is 5.98. The van der Waals surface area contributed by atoms with Crippen molar-refractivity contribution < 1.29 is 4.79 Å². The van der Waals surface area contributed by atoms with Crippen LogP contribution in [0, 0.1) is 13.8 Å². The van der Waals surface area contributed by atoms with E-state index in [1.807, 2.05) is 44.3 Å². The Hall–Kier alpha value is -3.33. The monoisotopic (exact) mass is 529 g/mol. The molecule has 2 aromatic heterocycles. The number of aliphatic imine (C=N–C) groups is 1.